The van der Waals surface area contributed by atoms with Gasteiger partial charge in [0.25, 0.3) is 0 Å². The number of fused-ring (bicyclic) bond motifs is 2. The van der Waals surface area contributed by atoms with Gasteiger partial charge in [-0.05, 0) is 90.9 Å². The highest BCUT2D eigenvalue weighted by atomic mass is 15.2. The summed E-state index contributed by atoms with van der Waals surface area (Å²) in [6.07, 6.45) is 6.76. The fraction of sp³-hybridized carbons (Fsp3) is 0.0769. The molecule has 0 unspecified atom stereocenters. The third-order valence-electron chi connectivity index (χ3n) is 7.88. The Morgan fingerprint density at radius 2 is 1.10 bits per heavy atom. The van der Waals surface area contributed by atoms with Crippen LogP contribution in [0.2, 0.25) is 0 Å². The van der Waals surface area contributed by atoms with Gasteiger partial charge in [-0.2, -0.15) is 0 Å². The van der Waals surface area contributed by atoms with Crippen LogP contribution in [0.4, 0.5) is 34.1 Å². The smallest absolute Gasteiger partial charge is 0.0540 e. The lowest BCUT2D eigenvalue weighted by atomic mass is 9.95. The molecule has 6 aromatic carbocycles. The van der Waals surface area contributed by atoms with E-state index in [2.05, 4.69) is 168 Å². The predicted octanol–water partition coefficient (Wildman–Crippen LogP) is 11.0. The minimum absolute atomic E-state index is 1.07. The molecule has 6 aromatic rings. The molecule has 7 rings (SSSR count). The molecule has 1 aliphatic carbocycles. The zero-order valence-electron chi connectivity index (χ0n) is 23.2. The van der Waals surface area contributed by atoms with Crippen LogP contribution in [-0.2, 0) is 6.42 Å². The number of rotatable bonds is 6. The minimum Gasteiger partial charge on any atom is -0.310 e. The van der Waals surface area contributed by atoms with Crippen LogP contribution in [0.1, 0.15) is 23.1 Å². The van der Waals surface area contributed by atoms with Gasteiger partial charge in [-0.1, -0.05) is 97.1 Å². The monoisotopic (exact) mass is 528 g/mol. The van der Waals surface area contributed by atoms with Crippen LogP contribution in [0.15, 0.2) is 146 Å². The molecule has 2 heteroatoms. The topological polar surface area (TPSA) is 6.48 Å². The molecule has 0 bridgehead atoms. The number of benzene rings is 6. The standard InChI is InChI=1S/C39H32N2/c1-29-26-34(40(32-18-4-2-5-19-32)38-24-12-16-30-14-8-10-22-36(30)38)28-35(27-29)41(33-20-6-3-7-21-33)39-25-13-17-31-15-9-11-23-37(31)39/h2-8,10-14,16-28H,9,15H2,1H3. The van der Waals surface area contributed by atoms with Gasteiger partial charge < -0.3 is 9.80 Å². The van der Waals surface area contributed by atoms with Gasteiger partial charge in [0.1, 0.15) is 0 Å². The summed E-state index contributed by atoms with van der Waals surface area (Å²) in [6.45, 7) is 2.20. The Balaban J connectivity index is 1.46. The van der Waals surface area contributed by atoms with E-state index < -0.39 is 0 Å². The average molecular weight is 529 g/mol. The number of para-hydroxylation sites is 2. The van der Waals surface area contributed by atoms with Crippen molar-refractivity contribution in [1.82, 2.24) is 0 Å². The molecule has 0 spiro atoms. The van der Waals surface area contributed by atoms with Gasteiger partial charge in [-0.3, -0.25) is 0 Å². The van der Waals surface area contributed by atoms with Crippen LogP contribution in [0.3, 0.4) is 0 Å². The summed E-state index contributed by atoms with van der Waals surface area (Å²) in [5.41, 5.74) is 10.8. The molecule has 0 fully saturated rings. The molecule has 0 atom stereocenters. The molecule has 0 radical (unpaired) electrons. The lowest BCUT2D eigenvalue weighted by Crippen LogP contribution is -2.15. The van der Waals surface area contributed by atoms with Crippen LogP contribution < -0.4 is 9.80 Å². The van der Waals surface area contributed by atoms with E-state index in [0.29, 0.717) is 0 Å². The maximum absolute atomic E-state index is 2.41. The van der Waals surface area contributed by atoms with Crippen molar-refractivity contribution in [1.29, 1.82) is 0 Å². The molecular formula is C39H32N2. The predicted molar refractivity (Wildman–Crippen MR) is 175 cm³/mol. The zero-order chi connectivity index (χ0) is 27.6. The van der Waals surface area contributed by atoms with Crippen molar-refractivity contribution in [3.63, 3.8) is 0 Å². The van der Waals surface area contributed by atoms with Crippen molar-refractivity contribution in [2.75, 3.05) is 9.80 Å². The Kier molecular flexibility index (Phi) is 6.58. The lowest BCUT2D eigenvalue weighted by Gasteiger charge is -2.32. The summed E-state index contributed by atoms with van der Waals surface area (Å²) in [6, 6.07) is 50.3. The Morgan fingerprint density at radius 3 is 1.83 bits per heavy atom. The van der Waals surface area contributed by atoms with Gasteiger partial charge in [0.2, 0.25) is 0 Å². The van der Waals surface area contributed by atoms with E-state index in [0.717, 1.165) is 41.3 Å². The number of anilines is 6. The van der Waals surface area contributed by atoms with E-state index in [9.17, 15) is 0 Å². The van der Waals surface area contributed by atoms with Gasteiger partial charge >= 0.3 is 0 Å². The summed E-state index contributed by atoms with van der Waals surface area (Å²) in [4.78, 5) is 4.81. The summed E-state index contributed by atoms with van der Waals surface area (Å²) in [5, 5.41) is 2.46. The molecule has 0 N–H and O–H groups in total. The van der Waals surface area contributed by atoms with E-state index in [-0.39, 0.29) is 0 Å². The molecule has 0 amide bonds. The quantitative estimate of drug-likeness (QED) is 0.212. The minimum atomic E-state index is 1.07. The highest BCUT2D eigenvalue weighted by Crippen LogP contribution is 2.44. The Hall–Kier alpha value is -5.08. The lowest BCUT2D eigenvalue weighted by molar-refractivity contribution is 0.983. The SMILES string of the molecule is Cc1cc(N(c2ccccc2)c2cccc3c2C=CCC3)cc(N(c2ccccc2)c2cccc3ccccc23)c1. The second-order valence-corrected chi connectivity index (χ2v) is 10.7. The number of aryl methyl sites for hydroxylation is 2. The van der Waals surface area contributed by atoms with Gasteiger partial charge in [0.15, 0.2) is 0 Å². The van der Waals surface area contributed by atoms with E-state index >= 15 is 0 Å². The highest BCUT2D eigenvalue weighted by molar-refractivity contribution is 5.99. The number of hydrogen-bond donors (Lipinski definition) is 0. The fourth-order valence-electron chi connectivity index (χ4n) is 6.06. The Labute approximate surface area is 242 Å². The van der Waals surface area contributed by atoms with E-state index in [4.69, 9.17) is 0 Å². The first-order valence-electron chi connectivity index (χ1n) is 14.3. The molecule has 0 saturated heterocycles. The largest absolute Gasteiger partial charge is 0.310 e. The van der Waals surface area contributed by atoms with Crippen LogP contribution in [0.5, 0.6) is 0 Å². The van der Waals surface area contributed by atoms with Crippen molar-refractivity contribution in [3.05, 3.63) is 162 Å². The maximum Gasteiger partial charge on any atom is 0.0540 e. The van der Waals surface area contributed by atoms with Crippen molar-refractivity contribution < 1.29 is 0 Å². The van der Waals surface area contributed by atoms with Gasteiger partial charge in [-0.15, -0.1) is 0 Å². The fourth-order valence-corrected chi connectivity index (χ4v) is 6.06. The Bertz CT molecular complexity index is 1850. The molecule has 0 aromatic heterocycles. The van der Waals surface area contributed by atoms with Crippen LogP contribution in [-0.4, -0.2) is 0 Å². The first-order valence-corrected chi connectivity index (χ1v) is 14.3. The molecule has 0 heterocycles. The zero-order valence-corrected chi connectivity index (χ0v) is 23.2. The molecule has 2 nitrogen and oxygen atoms in total. The molecule has 0 saturated carbocycles. The van der Waals surface area contributed by atoms with Crippen molar-refractivity contribution in [3.8, 4) is 0 Å². The molecule has 198 valence electrons. The average Bonchev–Trinajstić information content (AvgIpc) is 3.02. The molecule has 41 heavy (non-hydrogen) atoms. The summed E-state index contributed by atoms with van der Waals surface area (Å²) in [5.74, 6) is 0. The van der Waals surface area contributed by atoms with Crippen LogP contribution in [0, 0.1) is 6.92 Å². The highest BCUT2D eigenvalue weighted by Gasteiger charge is 2.21. The number of nitrogens with zero attached hydrogens (tertiary/aromatic N) is 2. The van der Waals surface area contributed by atoms with E-state index in [1.807, 2.05) is 0 Å². The van der Waals surface area contributed by atoms with Crippen molar-refractivity contribution in [2.24, 2.45) is 0 Å². The maximum atomic E-state index is 2.41. The number of hydrogen-bond acceptors (Lipinski definition) is 2. The third-order valence-corrected chi connectivity index (χ3v) is 7.88. The van der Waals surface area contributed by atoms with Gasteiger partial charge in [0, 0.05) is 33.7 Å². The Morgan fingerprint density at radius 1 is 0.512 bits per heavy atom. The second-order valence-electron chi connectivity index (χ2n) is 10.7. The van der Waals surface area contributed by atoms with Gasteiger partial charge in [0.05, 0.1) is 11.4 Å². The summed E-state index contributed by atoms with van der Waals surface area (Å²) >= 11 is 0. The van der Waals surface area contributed by atoms with Crippen LogP contribution >= 0.6 is 0 Å². The summed E-state index contributed by atoms with van der Waals surface area (Å²) < 4.78 is 0. The van der Waals surface area contributed by atoms with Gasteiger partial charge in [-0.25, -0.2) is 0 Å². The molecular weight excluding hydrogens is 496 g/mol. The third kappa shape index (κ3) is 4.79. The second kappa shape index (κ2) is 10.8. The van der Waals surface area contributed by atoms with E-state index in [1.54, 1.807) is 0 Å². The first-order chi connectivity index (χ1) is 20.3. The van der Waals surface area contributed by atoms with Crippen molar-refractivity contribution >= 4 is 51.0 Å². The van der Waals surface area contributed by atoms with E-state index in [1.165, 1.54) is 33.2 Å². The van der Waals surface area contributed by atoms with Crippen LogP contribution in [0.25, 0.3) is 16.8 Å². The summed E-state index contributed by atoms with van der Waals surface area (Å²) in [7, 11) is 0. The molecule has 0 aliphatic heterocycles. The van der Waals surface area contributed by atoms with Crippen molar-refractivity contribution in [2.45, 2.75) is 19.8 Å². The molecule has 1 aliphatic rings. The normalized spacial score (nSPS) is 12.2. The number of allylic oxidation sites excluding steroid dienone is 1. The first kappa shape index (κ1) is 24.9.